The molecule has 0 bridgehead atoms. The second kappa shape index (κ2) is 11.1. The maximum absolute atomic E-state index is 5.36. The lowest BCUT2D eigenvalue weighted by atomic mass is 9.87. The highest BCUT2D eigenvalue weighted by Gasteiger charge is 2.19. The van der Waals surface area contributed by atoms with Crippen LogP contribution in [0.1, 0.15) is 0 Å². The summed E-state index contributed by atoms with van der Waals surface area (Å²) in [5.74, 6) is 1.96. The summed E-state index contributed by atoms with van der Waals surface area (Å²) in [6, 6.07) is 63.4. The zero-order valence-electron chi connectivity index (χ0n) is 29.1. The molecule has 12 aromatic rings. The average molecular weight is 684 g/mol. The first kappa shape index (κ1) is 29.4. The van der Waals surface area contributed by atoms with Crippen molar-refractivity contribution in [2.45, 2.75) is 0 Å². The molecule has 0 aliphatic heterocycles. The van der Waals surface area contributed by atoms with Crippen molar-refractivity contribution in [2.24, 2.45) is 0 Å². The van der Waals surface area contributed by atoms with Crippen LogP contribution in [0.5, 0.6) is 0 Å². The molecule has 0 unspecified atom stereocenters. The van der Waals surface area contributed by atoms with E-state index in [-0.39, 0.29) is 0 Å². The molecule has 3 heteroatoms. The highest BCUT2D eigenvalue weighted by atomic mass is 15.0. The molecule has 12 rings (SSSR count). The van der Waals surface area contributed by atoms with Gasteiger partial charge in [0, 0.05) is 16.7 Å². The van der Waals surface area contributed by atoms with Gasteiger partial charge in [-0.25, -0.2) is 15.0 Å². The van der Waals surface area contributed by atoms with Crippen LogP contribution in [0.2, 0.25) is 0 Å². The van der Waals surface area contributed by atoms with Crippen molar-refractivity contribution >= 4 is 86.2 Å². The number of hydrogen-bond acceptors (Lipinski definition) is 3. The predicted octanol–water partition coefficient (Wildman–Crippen LogP) is 13.5. The Hall–Kier alpha value is -7.23. The fourth-order valence-electron chi connectivity index (χ4n) is 8.99. The summed E-state index contributed by atoms with van der Waals surface area (Å²) in [5.41, 5.74) is 2.90. The molecule has 1 heterocycles. The van der Waals surface area contributed by atoms with Gasteiger partial charge in [-0.05, 0) is 104 Å². The van der Waals surface area contributed by atoms with Crippen molar-refractivity contribution in [3.05, 3.63) is 176 Å². The van der Waals surface area contributed by atoms with Gasteiger partial charge in [0.2, 0.25) is 0 Å². The van der Waals surface area contributed by atoms with E-state index in [2.05, 4.69) is 158 Å². The maximum Gasteiger partial charge on any atom is 0.164 e. The molecule has 0 aliphatic rings. The number of aromatic nitrogens is 3. The van der Waals surface area contributed by atoms with Gasteiger partial charge in [-0.1, -0.05) is 158 Å². The van der Waals surface area contributed by atoms with E-state index in [4.69, 9.17) is 15.0 Å². The van der Waals surface area contributed by atoms with Crippen LogP contribution in [0.3, 0.4) is 0 Å². The summed E-state index contributed by atoms with van der Waals surface area (Å²) in [7, 11) is 0. The molecule has 0 amide bonds. The fraction of sp³-hybridized carbons (Fsp3) is 0. The molecule has 0 fully saturated rings. The molecule has 11 aromatic carbocycles. The number of hydrogen-bond donors (Lipinski definition) is 0. The van der Waals surface area contributed by atoms with Crippen molar-refractivity contribution in [1.29, 1.82) is 0 Å². The summed E-state index contributed by atoms with van der Waals surface area (Å²) in [6.45, 7) is 0. The third-order valence-corrected chi connectivity index (χ3v) is 11.4. The Morgan fingerprint density at radius 2 is 0.704 bits per heavy atom. The first-order valence-electron chi connectivity index (χ1n) is 18.4. The van der Waals surface area contributed by atoms with E-state index in [0.29, 0.717) is 17.5 Å². The Balaban J connectivity index is 1.23. The summed E-state index contributed by atoms with van der Waals surface area (Å²) < 4.78 is 0. The normalized spacial score (nSPS) is 12.1. The number of fused-ring (bicyclic) bond motifs is 5. The monoisotopic (exact) mass is 683 g/mol. The largest absolute Gasteiger partial charge is 0.208 e. The van der Waals surface area contributed by atoms with E-state index in [1.165, 1.54) is 70.0 Å². The SMILES string of the molecule is c1ccc(-c2nc(-c3cc4ccc5cccc6c7cccc8ccc9cccc(c(c3)c4c56)c9c87)nc(-c3cc4ccccc4c4ccccc34)n2)cc1. The van der Waals surface area contributed by atoms with Crippen LogP contribution in [0.15, 0.2) is 176 Å². The first-order chi connectivity index (χ1) is 26.8. The second-order valence-electron chi connectivity index (χ2n) is 14.3. The Bertz CT molecular complexity index is 3490. The van der Waals surface area contributed by atoms with Crippen LogP contribution in [0, 0.1) is 0 Å². The lowest BCUT2D eigenvalue weighted by Crippen LogP contribution is -2.01. The number of nitrogens with zero attached hydrogens (tertiary/aromatic N) is 3. The summed E-state index contributed by atoms with van der Waals surface area (Å²) in [4.78, 5) is 15.8. The molecule has 3 nitrogen and oxygen atoms in total. The van der Waals surface area contributed by atoms with Crippen LogP contribution < -0.4 is 0 Å². The Morgan fingerprint density at radius 3 is 1.37 bits per heavy atom. The van der Waals surface area contributed by atoms with Crippen LogP contribution in [-0.4, -0.2) is 15.0 Å². The van der Waals surface area contributed by atoms with Gasteiger partial charge >= 0.3 is 0 Å². The van der Waals surface area contributed by atoms with Gasteiger partial charge in [0.1, 0.15) is 0 Å². The van der Waals surface area contributed by atoms with Gasteiger partial charge in [0.05, 0.1) is 0 Å². The number of benzene rings is 10. The quantitative estimate of drug-likeness (QED) is 0.174. The minimum Gasteiger partial charge on any atom is -0.208 e. The van der Waals surface area contributed by atoms with Crippen molar-refractivity contribution < 1.29 is 0 Å². The Kier molecular flexibility index (Phi) is 6.05. The highest BCUT2D eigenvalue weighted by molar-refractivity contribution is 6.37. The van der Waals surface area contributed by atoms with E-state index >= 15 is 0 Å². The molecule has 0 N–H and O–H groups in total. The lowest BCUT2D eigenvalue weighted by molar-refractivity contribution is 1.08. The van der Waals surface area contributed by atoms with E-state index in [1.807, 2.05) is 18.2 Å². The molecule has 0 spiro atoms. The zero-order valence-corrected chi connectivity index (χ0v) is 29.1. The van der Waals surface area contributed by atoms with Gasteiger partial charge in [0.15, 0.2) is 17.5 Å². The molecule has 0 atom stereocenters. The van der Waals surface area contributed by atoms with E-state index in [1.54, 1.807) is 0 Å². The zero-order chi connectivity index (χ0) is 35.3. The highest BCUT2D eigenvalue weighted by Crippen LogP contribution is 2.44. The molecule has 1 aromatic heterocycles. The third kappa shape index (κ3) is 4.21. The van der Waals surface area contributed by atoms with Gasteiger partial charge in [-0.2, -0.15) is 0 Å². The summed E-state index contributed by atoms with van der Waals surface area (Å²) in [5, 5.41) is 19.6. The van der Waals surface area contributed by atoms with Crippen molar-refractivity contribution in [2.75, 3.05) is 0 Å². The lowest BCUT2D eigenvalue weighted by Gasteiger charge is -2.17. The van der Waals surface area contributed by atoms with Crippen molar-refractivity contribution in [3.63, 3.8) is 0 Å². The Labute approximate surface area is 310 Å². The van der Waals surface area contributed by atoms with Gasteiger partial charge < -0.3 is 0 Å². The fourth-order valence-corrected chi connectivity index (χ4v) is 8.99. The standard InChI is InChI=1S/C51H29N3/c1-2-11-33(12-3-1)49-52-50(54-51(53-49)44-28-34-13-4-5-17-37(34)38-18-6-7-19-39(38)44)36-27-35-26-25-32-15-9-21-41-40-20-8-14-30-23-24-31-16-10-22-42(47(31)45(30)40)43(29-36)48(35)46(32)41/h1-29H. The minimum absolute atomic E-state index is 0.649. The third-order valence-electron chi connectivity index (χ3n) is 11.4. The van der Waals surface area contributed by atoms with Crippen molar-refractivity contribution in [3.8, 4) is 34.2 Å². The van der Waals surface area contributed by atoms with Crippen molar-refractivity contribution in [1.82, 2.24) is 15.0 Å². The summed E-state index contributed by atoms with van der Waals surface area (Å²) >= 11 is 0. The number of rotatable bonds is 3. The average Bonchev–Trinajstić information content (AvgIpc) is 3.24. The topological polar surface area (TPSA) is 38.7 Å². The second-order valence-corrected chi connectivity index (χ2v) is 14.3. The minimum atomic E-state index is 0.649. The van der Waals surface area contributed by atoms with Crippen LogP contribution in [0.25, 0.3) is 120 Å². The molecule has 248 valence electrons. The van der Waals surface area contributed by atoms with Crippen LogP contribution in [-0.2, 0) is 0 Å². The van der Waals surface area contributed by atoms with Crippen LogP contribution in [0.4, 0.5) is 0 Å². The van der Waals surface area contributed by atoms with Gasteiger partial charge in [-0.15, -0.1) is 0 Å². The molecular formula is C51H29N3. The van der Waals surface area contributed by atoms with Crippen LogP contribution >= 0.6 is 0 Å². The molecule has 54 heavy (non-hydrogen) atoms. The van der Waals surface area contributed by atoms with E-state index < -0.39 is 0 Å². The van der Waals surface area contributed by atoms with Gasteiger partial charge in [0.25, 0.3) is 0 Å². The predicted molar refractivity (Wildman–Crippen MR) is 227 cm³/mol. The Morgan fingerprint density at radius 1 is 0.241 bits per heavy atom. The molecular weight excluding hydrogens is 655 g/mol. The molecule has 0 saturated heterocycles. The molecule has 0 radical (unpaired) electrons. The molecule has 0 saturated carbocycles. The first-order valence-corrected chi connectivity index (χ1v) is 18.4. The van der Waals surface area contributed by atoms with E-state index in [9.17, 15) is 0 Å². The smallest absolute Gasteiger partial charge is 0.164 e. The van der Waals surface area contributed by atoms with E-state index in [0.717, 1.165) is 32.8 Å². The van der Waals surface area contributed by atoms with Gasteiger partial charge in [-0.3, -0.25) is 0 Å². The molecule has 0 aliphatic carbocycles. The maximum atomic E-state index is 5.36. The summed E-state index contributed by atoms with van der Waals surface area (Å²) in [6.07, 6.45) is 0.